The number of carbonyl (C=O) groups excluding carboxylic acids is 1. The minimum Gasteiger partial charge on any atom is -0.382 e. The molecule has 0 unspecified atom stereocenters. The van der Waals surface area contributed by atoms with Gasteiger partial charge < -0.3 is 15.0 Å². The summed E-state index contributed by atoms with van der Waals surface area (Å²) in [5.41, 5.74) is 0.959. The topological polar surface area (TPSA) is 44.8 Å². The van der Waals surface area contributed by atoms with Crippen LogP contribution >= 0.6 is 0 Å². The lowest BCUT2D eigenvalue weighted by molar-refractivity contribution is -0.139. The highest BCUT2D eigenvalue weighted by atomic mass is 19.1. The Morgan fingerprint density at radius 1 is 0.929 bits per heavy atom. The molecule has 1 aliphatic carbocycles. The Labute approximate surface area is 167 Å². The summed E-state index contributed by atoms with van der Waals surface area (Å²) in [5, 5.41) is 3.48. The third-order valence-electron chi connectivity index (χ3n) is 6.62. The van der Waals surface area contributed by atoms with E-state index in [4.69, 9.17) is 4.74 Å². The van der Waals surface area contributed by atoms with Crippen molar-refractivity contribution in [3.05, 3.63) is 30.1 Å². The lowest BCUT2D eigenvalue weighted by Gasteiger charge is -2.42. The van der Waals surface area contributed by atoms with Crippen LogP contribution in [0.25, 0.3) is 0 Å². The van der Waals surface area contributed by atoms with Crippen molar-refractivity contribution in [3.8, 4) is 0 Å². The molecule has 2 aliphatic heterocycles. The molecule has 5 nitrogen and oxygen atoms in total. The Balaban J connectivity index is 1.20. The second-order valence-corrected chi connectivity index (χ2v) is 8.40. The summed E-state index contributed by atoms with van der Waals surface area (Å²) in [6, 6.07) is 7.54. The van der Waals surface area contributed by atoms with E-state index in [2.05, 4.69) is 15.1 Å². The lowest BCUT2D eigenvalue weighted by atomic mass is 9.85. The van der Waals surface area contributed by atoms with E-state index in [1.54, 1.807) is 12.1 Å². The van der Waals surface area contributed by atoms with Crippen molar-refractivity contribution in [1.29, 1.82) is 0 Å². The number of hydrogen-bond acceptors (Lipinski definition) is 4. The molecule has 0 atom stereocenters. The molecule has 28 heavy (non-hydrogen) atoms. The maximum atomic E-state index is 13.0. The van der Waals surface area contributed by atoms with Crippen LogP contribution in [0.2, 0.25) is 0 Å². The molecule has 1 aromatic rings. The zero-order valence-corrected chi connectivity index (χ0v) is 16.6. The van der Waals surface area contributed by atoms with Crippen LogP contribution in [0.5, 0.6) is 0 Å². The summed E-state index contributed by atoms with van der Waals surface area (Å²) in [7, 11) is 0. The number of halogens is 1. The van der Waals surface area contributed by atoms with Crippen molar-refractivity contribution in [3.63, 3.8) is 0 Å². The van der Waals surface area contributed by atoms with E-state index in [-0.39, 0.29) is 11.7 Å². The number of benzene rings is 1. The molecule has 1 amide bonds. The minimum absolute atomic E-state index is 0.167. The van der Waals surface area contributed by atoms with Gasteiger partial charge in [-0.05, 0) is 62.8 Å². The second-order valence-electron chi connectivity index (χ2n) is 8.40. The van der Waals surface area contributed by atoms with E-state index in [9.17, 15) is 9.18 Å². The van der Waals surface area contributed by atoms with Gasteiger partial charge in [0.25, 0.3) is 0 Å². The van der Waals surface area contributed by atoms with E-state index >= 15 is 0 Å². The minimum atomic E-state index is -0.211. The predicted molar refractivity (Wildman–Crippen MR) is 108 cm³/mol. The van der Waals surface area contributed by atoms with Crippen LogP contribution in [0.1, 0.15) is 38.5 Å². The van der Waals surface area contributed by atoms with Gasteiger partial charge in [-0.2, -0.15) is 0 Å². The number of piperazine rings is 1. The molecular formula is C22H32FN3O2. The largest absolute Gasteiger partial charge is 0.382 e. The molecule has 3 aliphatic rings. The number of rotatable bonds is 4. The number of ether oxygens (including phenoxy) is 1. The number of carbonyl (C=O) groups is 1. The fraction of sp³-hybridized carbons (Fsp3) is 0.682. The standard InChI is InChI=1S/C22H32FN3O2/c23-18-3-7-20(8-4-18)24-19-5-1-17(2-6-19)22(27)26-13-11-25(12-14-26)21-9-15-28-16-10-21/h3-4,7-8,17,19,21,24H,1-2,5-6,9-16H2/t17-,19-. The van der Waals surface area contributed by atoms with Gasteiger partial charge in [0.15, 0.2) is 0 Å². The van der Waals surface area contributed by atoms with Crippen molar-refractivity contribution >= 4 is 11.6 Å². The van der Waals surface area contributed by atoms with Crippen molar-refractivity contribution in [2.75, 3.05) is 44.7 Å². The molecule has 2 heterocycles. The summed E-state index contributed by atoms with van der Waals surface area (Å²) in [4.78, 5) is 17.6. The van der Waals surface area contributed by atoms with E-state index in [0.29, 0.717) is 18.0 Å². The van der Waals surface area contributed by atoms with E-state index in [1.165, 1.54) is 12.1 Å². The van der Waals surface area contributed by atoms with Gasteiger partial charge in [0.05, 0.1) is 0 Å². The summed E-state index contributed by atoms with van der Waals surface area (Å²) < 4.78 is 18.5. The molecule has 2 saturated heterocycles. The smallest absolute Gasteiger partial charge is 0.225 e. The van der Waals surface area contributed by atoms with Crippen molar-refractivity contribution in [1.82, 2.24) is 9.80 Å². The molecule has 0 bridgehead atoms. The van der Waals surface area contributed by atoms with Crippen molar-refractivity contribution in [2.24, 2.45) is 5.92 Å². The van der Waals surface area contributed by atoms with Gasteiger partial charge in [0.2, 0.25) is 5.91 Å². The molecule has 1 N–H and O–H groups in total. The quantitative estimate of drug-likeness (QED) is 0.859. The van der Waals surface area contributed by atoms with Crippen LogP contribution in [0.3, 0.4) is 0 Å². The maximum absolute atomic E-state index is 13.0. The van der Waals surface area contributed by atoms with Gasteiger partial charge in [-0.1, -0.05) is 0 Å². The number of anilines is 1. The van der Waals surface area contributed by atoms with Crippen molar-refractivity contribution < 1.29 is 13.9 Å². The van der Waals surface area contributed by atoms with Crippen LogP contribution < -0.4 is 5.32 Å². The first-order chi connectivity index (χ1) is 13.7. The highest BCUT2D eigenvalue weighted by Crippen LogP contribution is 2.29. The molecule has 1 aromatic carbocycles. The Bertz CT molecular complexity index is 632. The van der Waals surface area contributed by atoms with Gasteiger partial charge in [0, 0.05) is 63.1 Å². The molecule has 4 rings (SSSR count). The first kappa shape index (κ1) is 19.6. The van der Waals surface area contributed by atoms with Crippen LogP contribution in [-0.2, 0) is 9.53 Å². The Morgan fingerprint density at radius 3 is 2.21 bits per heavy atom. The number of nitrogens with one attached hydrogen (secondary N) is 1. The van der Waals surface area contributed by atoms with E-state index < -0.39 is 0 Å². The van der Waals surface area contributed by atoms with Crippen LogP contribution in [-0.4, -0.2) is 67.2 Å². The molecule has 3 fully saturated rings. The average Bonchev–Trinajstić information content (AvgIpc) is 2.76. The molecule has 6 heteroatoms. The highest BCUT2D eigenvalue weighted by Gasteiger charge is 2.32. The van der Waals surface area contributed by atoms with E-state index in [0.717, 1.165) is 83.6 Å². The van der Waals surface area contributed by atoms with Gasteiger partial charge in [-0.3, -0.25) is 9.69 Å². The van der Waals surface area contributed by atoms with Crippen LogP contribution in [0.15, 0.2) is 24.3 Å². The first-order valence-corrected chi connectivity index (χ1v) is 10.8. The monoisotopic (exact) mass is 389 g/mol. The number of hydrogen-bond donors (Lipinski definition) is 1. The third-order valence-corrected chi connectivity index (χ3v) is 6.62. The fourth-order valence-electron chi connectivity index (χ4n) is 4.88. The molecular weight excluding hydrogens is 357 g/mol. The molecule has 154 valence electrons. The summed E-state index contributed by atoms with van der Waals surface area (Å²) in [6.07, 6.45) is 6.12. The number of nitrogens with zero attached hydrogens (tertiary/aromatic N) is 2. The van der Waals surface area contributed by atoms with Gasteiger partial charge >= 0.3 is 0 Å². The molecule has 0 spiro atoms. The summed E-state index contributed by atoms with van der Waals surface area (Å²) in [6.45, 7) is 5.47. The van der Waals surface area contributed by atoms with Gasteiger partial charge in [0.1, 0.15) is 5.82 Å². The highest BCUT2D eigenvalue weighted by molar-refractivity contribution is 5.79. The molecule has 0 radical (unpaired) electrons. The van der Waals surface area contributed by atoms with Gasteiger partial charge in [-0.25, -0.2) is 4.39 Å². The SMILES string of the molecule is O=C([C@H]1CC[C@H](Nc2ccc(F)cc2)CC1)N1CCN(C2CCOCC2)CC1. The summed E-state index contributed by atoms with van der Waals surface area (Å²) >= 11 is 0. The Hall–Kier alpha value is -1.66. The van der Waals surface area contributed by atoms with Gasteiger partial charge in [-0.15, -0.1) is 0 Å². The van der Waals surface area contributed by atoms with Crippen molar-refractivity contribution in [2.45, 2.75) is 50.6 Å². The average molecular weight is 390 g/mol. The zero-order chi connectivity index (χ0) is 19.3. The molecule has 0 aromatic heterocycles. The lowest BCUT2D eigenvalue weighted by Crippen LogP contribution is -2.54. The summed E-state index contributed by atoms with van der Waals surface area (Å²) in [5.74, 6) is 0.310. The fourth-order valence-corrected chi connectivity index (χ4v) is 4.88. The van der Waals surface area contributed by atoms with E-state index in [1.807, 2.05) is 0 Å². The normalized spacial score (nSPS) is 27.5. The maximum Gasteiger partial charge on any atom is 0.225 e. The number of amides is 1. The Kier molecular flexibility index (Phi) is 6.47. The zero-order valence-electron chi connectivity index (χ0n) is 16.6. The Morgan fingerprint density at radius 2 is 1.57 bits per heavy atom. The third kappa shape index (κ3) is 4.84. The van der Waals surface area contributed by atoms with Crippen LogP contribution in [0, 0.1) is 11.7 Å². The predicted octanol–water partition coefficient (Wildman–Crippen LogP) is 3.12. The van der Waals surface area contributed by atoms with Crippen LogP contribution in [0.4, 0.5) is 10.1 Å². The first-order valence-electron chi connectivity index (χ1n) is 10.8. The second kappa shape index (κ2) is 9.23. The molecule has 1 saturated carbocycles.